The van der Waals surface area contributed by atoms with Crippen LogP contribution in [0.5, 0.6) is 0 Å². The number of fused-ring (bicyclic) bond motifs is 3. The van der Waals surface area contributed by atoms with Crippen molar-refractivity contribution in [3.63, 3.8) is 0 Å². The highest BCUT2D eigenvalue weighted by molar-refractivity contribution is 6.03. The van der Waals surface area contributed by atoms with Crippen molar-refractivity contribution < 1.29 is 4.79 Å². The maximum atomic E-state index is 12.0. The molecule has 1 aromatic rings. The number of para-hydroxylation sites is 2. The highest BCUT2D eigenvalue weighted by Gasteiger charge is 2.35. The summed E-state index contributed by atoms with van der Waals surface area (Å²) in [7, 11) is 2.06. The van der Waals surface area contributed by atoms with Crippen molar-refractivity contribution in [2.75, 3.05) is 36.9 Å². The van der Waals surface area contributed by atoms with E-state index in [2.05, 4.69) is 28.2 Å². The number of hydrogen-bond acceptors (Lipinski definition) is 3. The molecule has 1 atom stereocenters. The summed E-state index contributed by atoms with van der Waals surface area (Å²) in [6.45, 7) is 2.74. The number of likely N-dealkylation sites (N-methyl/N-ethyl adjacent to an activating group) is 1. The van der Waals surface area contributed by atoms with Gasteiger partial charge in [-0.05, 0) is 19.2 Å². The van der Waals surface area contributed by atoms with Crippen molar-refractivity contribution in [1.29, 1.82) is 0 Å². The minimum Gasteiger partial charge on any atom is -0.355 e. The van der Waals surface area contributed by atoms with E-state index in [-0.39, 0.29) is 11.9 Å². The SMILES string of the molecule is CN1CCN2c3ccccc3NC(=O)C2C1. The maximum Gasteiger partial charge on any atom is 0.248 e. The van der Waals surface area contributed by atoms with Gasteiger partial charge in [-0.1, -0.05) is 12.1 Å². The molecule has 1 saturated heterocycles. The number of hydrogen-bond donors (Lipinski definition) is 1. The molecule has 1 amide bonds. The molecule has 2 aliphatic heterocycles. The third-order valence-electron chi connectivity index (χ3n) is 3.36. The molecule has 2 heterocycles. The minimum absolute atomic E-state index is 0.0337. The van der Waals surface area contributed by atoms with Gasteiger partial charge in [-0.2, -0.15) is 0 Å². The Morgan fingerprint density at radius 2 is 2.12 bits per heavy atom. The second-order valence-electron chi connectivity index (χ2n) is 4.48. The Kier molecular flexibility index (Phi) is 2.11. The Morgan fingerprint density at radius 3 is 3.00 bits per heavy atom. The molecule has 1 unspecified atom stereocenters. The highest BCUT2D eigenvalue weighted by Crippen LogP contribution is 2.32. The van der Waals surface area contributed by atoms with Crippen molar-refractivity contribution in [1.82, 2.24) is 4.90 Å². The van der Waals surface area contributed by atoms with Crippen LogP contribution < -0.4 is 10.2 Å². The van der Waals surface area contributed by atoms with E-state index in [4.69, 9.17) is 0 Å². The van der Waals surface area contributed by atoms with Crippen molar-refractivity contribution in [2.45, 2.75) is 6.04 Å². The first-order chi connectivity index (χ1) is 7.75. The summed E-state index contributed by atoms with van der Waals surface area (Å²) in [5.41, 5.74) is 2.09. The molecule has 3 rings (SSSR count). The van der Waals surface area contributed by atoms with Crippen LogP contribution in [0.2, 0.25) is 0 Å². The van der Waals surface area contributed by atoms with Gasteiger partial charge in [-0.3, -0.25) is 4.79 Å². The number of anilines is 2. The summed E-state index contributed by atoms with van der Waals surface area (Å²) >= 11 is 0. The number of amides is 1. The van der Waals surface area contributed by atoms with Gasteiger partial charge >= 0.3 is 0 Å². The zero-order valence-electron chi connectivity index (χ0n) is 9.31. The van der Waals surface area contributed by atoms with Gasteiger partial charge in [0.1, 0.15) is 6.04 Å². The number of benzene rings is 1. The van der Waals surface area contributed by atoms with Gasteiger partial charge in [-0.15, -0.1) is 0 Å². The fraction of sp³-hybridized carbons (Fsp3) is 0.417. The second kappa shape index (κ2) is 3.49. The second-order valence-corrected chi connectivity index (χ2v) is 4.48. The van der Waals surface area contributed by atoms with E-state index in [0.29, 0.717) is 0 Å². The fourth-order valence-electron chi connectivity index (χ4n) is 2.48. The van der Waals surface area contributed by atoms with E-state index in [1.54, 1.807) is 0 Å². The molecule has 0 saturated carbocycles. The van der Waals surface area contributed by atoms with Crippen LogP contribution in [0.15, 0.2) is 24.3 Å². The van der Waals surface area contributed by atoms with Crippen LogP contribution in [0, 0.1) is 0 Å². The average molecular weight is 217 g/mol. The molecule has 0 aromatic heterocycles. The Labute approximate surface area is 94.8 Å². The molecule has 1 N–H and O–H groups in total. The van der Waals surface area contributed by atoms with E-state index >= 15 is 0 Å². The van der Waals surface area contributed by atoms with Gasteiger partial charge in [0, 0.05) is 19.6 Å². The molecule has 1 aromatic carbocycles. The van der Waals surface area contributed by atoms with Crippen LogP contribution in [0.1, 0.15) is 0 Å². The van der Waals surface area contributed by atoms with Crippen molar-refractivity contribution >= 4 is 17.3 Å². The molecule has 0 radical (unpaired) electrons. The zero-order valence-corrected chi connectivity index (χ0v) is 9.31. The molecule has 4 nitrogen and oxygen atoms in total. The third kappa shape index (κ3) is 1.38. The van der Waals surface area contributed by atoms with Crippen LogP contribution in [-0.2, 0) is 4.79 Å². The van der Waals surface area contributed by atoms with Crippen molar-refractivity contribution in [2.24, 2.45) is 0 Å². The summed E-state index contributed by atoms with van der Waals surface area (Å²) in [6, 6.07) is 7.98. The van der Waals surface area contributed by atoms with Crippen LogP contribution in [-0.4, -0.2) is 43.5 Å². The van der Waals surface area contributed by atoms with Gasteiger partial charge in [0.25, 0.3) is 0 Å². The van der Waals surface area contributed by atoms with Gasteiger partial charge < -0.3 is 15.1 Å². The number of piperazine rings is 1. The minimum atomic E-state index is -0.0337. The largest absolute Gasteiger partial charge is 0.355 e. The lowest BCUT2D eigenvalue weighted by molar-refractivity contribution is -0.118. The molecule has 84 valence electrons. The average Bonchev–Trinajstić information content (AvgIpc) is 2.29. The Balaban J connectivity index is 2.01. The Hall–Kier alpha value is -1.55. The molecular formula is C12H15N3O. The van der Waals surface area contributed by atoms with E-state index in [9.17, 15) is 4.79 Å². The normalized spacial score (nSPS) is 24.7. The third-order valence-corrected chi connectivity index (χ3v) is 3.36. The Bertz CT molecular complexity index is 432. The monoisotopic (exact) mass is 217 g/mol. The van der Waals surface area contributed by atoms with E-state index < -0.39 is 0 Å². The van der Waals surface area contributed by atoms with Crippen molar-refractivity contribution in [3.05, 3.63) is 24.3 Å². The summed E-state index contributed by atoms with van der Waals surface area (Å²) in [5, 5.41) is 2.97. The lowest BCUT2D eigenvalue weighted by Crippen LogP contribution is -2.59. The molecule has 1 fully saturated rings. The lowest BCUT2D eigenvalue weighted by atomic mass is 10.1. The molecule has 4 heteroatoms. The molecule has 0 aliphatic carbocycles. The van der Waals surface area contributed by atoms with Gasteiger partial charge in [0.15, 0.2) is 0 Å². The molecule has 0 spiro atoms. The predicted octanol–water partition coefficient (Wildman–Crippen LogP) is 0.759. The van der Waals surface area contributed by atoms with Gasteiger partial charge in [0.2, 0.25) is 5.91 Å². The fourth-order valence-corrected chi connectivity index (χ4v) is 2.48. The van der Waals surface area contributed by atoms with E-state index in [0.717, 1.165) is 31.0 Å². The topological polar surface area (TPSA) is 35.6 Å². The molecule has 0 bridgehead atoms. The van der Waals surface area contributed by atoms with Crippen molar-refractivity contribution in [3.8, 4) is 0 Å². The number of carbonyl (C=O) groups is 1. The summed E-state index contributed by atoms with van der Waals surface area (Å²) in [6.07, 6.45) is 0. The highest BCUT2D eigenvalue weighted by atomic mass is 16.2. The summed E-state index contributed by atoms with van der Waals surface area (Å²) in [5.74, 6) is 0.116. The molecular weight excluding hydrogens is 202 g/mol. The lowest BCUT2D eigenvalue weighted by Gasteiger charge is -2.44. The Morgan fingerprint density at radius 1 is 1.31 bits per heavy atom. The van der Waals surface area contributed by atoms with Gasteiger partial charge in [-0.25, -0.2) is 0 Å². The number of nitrogens with zero attached hydrogens (tertiary/aromatic N) is 2. The summed E-state index contributed by atoms with van der Waals surface area (Å²) in [4.78, 5) is 16.4. The van der Waals surface area contributed by atoms with E-state index in [1.165, 1.54) is 0 Å². The molecule has 16 heavy (non-hydrogen) atoms. The standard InChI is InChI=1S/C12H15N3O/c1-14-6-7-15-10-5-3-2-4-9(10)13-12(16)11(15)8-14/h2-5,11H,6-8H2,1H3,(H,13,16). The van der Waals surface area contributed by atoms with Gasteiger partial charge in [0.05, 0.1) is 11.4 Å². The predicted molar refractivity (Wildman–Crippen MR) is 63.7 cm³/mol. The number of rotatable bonds is 0. The van der Waals surface area contributed by atoms with E-state index in [1.807, 2.05) is 18.2 Å². The van der Waals surface area contributed by atoms with Crippen LogP contribution in [0.25, 0.3) is 0 Å². The molecule has 2 aliphatic rings. The van der Waals surface area contributed by atoms with Crippen LogP contribution >= 0.6 is 0 Å². The first kappa shape index (κ1) is 9.66. The zero-order chi connectivity index (χ0) is 11.1. The summed E-state index contributed by atoms with van der Waals surface area (Å²) < 4.78 is 0. The smallest absolute Gasteiger partial charge is 0.248 e. The van der Waals surface area contributed by atoms with Crippen LogP contribution in [0.3, 0.4) is 0 Å². The first-order valence-electron chi connectivity index (χ1n) is 5.61. The first-order valence-corrected chi connectivity index (χ1v) is 5.61. The number of carbonyl (C=O) groups excluding carboxylic acids is 1. The number of nitrogens with one attached hydrogen (secondary N) is 1. The quantitative estimate of drug-likeness (QED) is 0.697. The maximum absolute atomic E-state index is 12.0. The van der Waals surface area contributed by atoms with Crippen LogP contribution in [0.4, 0.5) is 11.4 Å².